The lowest BCUT2D eigenvalue weighted by Crippen LogP contribution is -2.44. The maximum absolute atomic E-state index is 3.42. The fourth-order valence-electron chi connectivity index (χ4n) is 3.03. The minimum atomic E-state index is 0.974. The lowest BCUT2D eigenvalue weighted by Gasteiger charge is -2.28. The number of nitrogens with zero attached hydrogens (tertiary/aromatic N) is 2. The monoisotopic (exact) mass is 239 g/mol. The van der Waals surface area contributed by atoms with Crippen LogP contribution < -0.4 is 5.32 Å². The zero-order valence-corrected chi connectivity index (χ0v) is 11.5. The van der Waals surface area contributed by atoms with Crippen molar-refractivity contribution < 1.29 is 0 Å². The molecule has 3 heteroatoms. The topological polar surface area (TPSA) is 18.5 Å². The van der Waals surface area contributed by atoms with Gasteiger partial charge in [0.15, 0.2) is 0 Å². The molecule has 1 N–H and O–H groups in total. The molecule has 1 unspecified atom stereocenters. The number of hydrogen-bond donors (Lipinski definition) is 1. The van der Waals surface area contributed by atoms with Gasteiger partial charge in [-0.05, 0) is 44.8 Å². The molecule has 0 bridgehead atoms. The zero-order chi connectivity index (χ0) is 11.9. The van der Waals surface area contributed by atoms with Crippen molar-refractivity contribution in [1.29, 1.82) is 0 Å². The summed E-state index contributed by atoms with van der Waals surface area (Å²) in [6, 6.07) is 0. The van der Waals surface area contributed by atoms with Crippen LogP contribution in [0.2, 0.25) is 0 Å². The molecule has 2 heterocycles. The van der Waals surface area contributed by atoms with Crippen LogP contribution in [0.15, 0.2) is 0 Å². The Hall–Kier alpha value is -0.120. The third-order valence-corrected chi connectivity index (χ3v) is 4.26. The van der Waals surface area contributed by atoms with Gasteiger partial charge >= 0.3 is 0 Å². The van der Waals surface area contributed by atoms with E-state index in [2.05, 4.69) is 22.0 Å². The first-order valence-electron chi connectivity index (χ1n) is 7.54. The number of unbranched alkanes of at least 4 members (excludes halogenated alkanes) is 1. The fourth-order valence-corrected chi connectivity index (χ4v) is 3.03. The van der Waals surface area contributed by atoms with Crippen molar-refractivity contribution in [2.75, 3.05) is 52.4 Å². The van der Waals surface area contributed by atoms with Gasteiger partial charge in [0, 0.05) is 32.7 Å². The average Bonchev–Trinajstić information content (AvgIpc) is 2.83. The van der Waals surface area contributed by atoms with E-state index in [0.29, 0.717) is 0 Å². The SMILES string of the molecule is CCCCN1CCC(CCN2CCNCC2)C1. The van der Waals surface area contributed by atoms with Gasteiger partial charge in [0.1, 0.15) is 0 Å². The first-order valence-corrected chi connectivity index (χ1v) is 7.54. The molecule has 0 aliphatic carbocycles. The highest BCUT2D eigenvalue weighted by Crippen LogP contribution is 2.20. The molecule has 0 amide bonds. The Morgan fingerprint density at radius 2 is 1.88 bits per heavy atom. The second-order valence-electron chi connectivity index (χ2n) is 5.69. The molecule has 1 atom stereocenters. The third kappa shape index (κ3) is 4.57. The molecule has 0 saturated carbocycles. The Kier molecular flexibility index (Phi) is 5.75. The molecule has 2 saturated heterocycles. The van der Waals surface area contributed by atoms with Crippen LogP contribution in [-0.4, -0.2) is 62.2 Å². The highest BCUT2D eigenvalue weighted by Gasteiger charge is 2.22. The number of piperazine rings is 1. The van der Waals surface area contributed by atoms with Crippen molar-refractivity contribution in [1.82, 2.24) is 15.1 Å². The first kappa shape index (κ1) is 13.3. The van der Waals surface area contributed by atoms with Crippen molar-refractivity contribution >= 4 is 0 Å². The molecular weight excluding hydrogens is 210 g/mol. The summed E-state index contributed by atoms with van der Waals surface area (Å²) < 4.78 is 0. The van der Waals surface area contributed by atoms with E-state index in [4.69, 9.17) is 0 Å². The Morgan fingerprint density at radius 3 is 2.65 bits per heavy atom. The summed E-state index contributed by atoms with van der Waals surface area (Å²) in [7, 11) is 0. The zero-order valence-electron chi connectivity index (χ0n) is 11.5. The van der Waals surface area contributed by atoms with Gasteiger partial charge in [-0.1, -0.05) is 13.3 Å². The van der Waals surface area contributed by atoms with E-state index in [9.17, 15) is 0 Å². The van der Waals surface area contributed by atoms with Crippen LogP contribution in [-0.2, 0) is 0 Å². The van der Waals surface area contributed by atoms with Crippen LogP contribution in [0.4, 0.5) is 0 Å². The van der Waals surface area contributed by atoms with Crippen molar-refractivity contribution in [2.45, 2.75) is 32.6 Å². The van der Waals surface area contributed by atoms with Crippen molar-refractivity contribution in [3.05, 3.63) is 0 Å². The van der Waals surface area contributed by atoms with E-state index < -0.39 is 0 Å². The van der Waals surface area contributed by atoms with Crippen molar-refractivity contribution in [3.8, 4) is 0 Å². The number of nitrogens with one attached hydrogen (secondary N) is 1. The van der Waals surface area contributed by atoms with Crippen LogP contribution in [0.25, 0.3) is 0 Å². The molecule has 0 aromatic heterocycles. The molecule has 0 aromatic rings. The molecule has 2 rings (SSSR count). The maximum Gasteiger partial charge on any atom is 0.0107 e. The van der Waals surface area contributed by atoms with Crippen LogP contribution in [0.5, 0.6) is 0 Å². The molecule has 2 fully saturated rings. The van der Waals surface area contributed by atoms with E-state index in [0.717, 1.165) is 5.92 Å². The summed E-state index contributed by atoms with van der Waals surface area (Å²) in [5.74, 6) is 0.974. The van der Waals surface area contributed by atoms with Gasteiger partial charge in [-0.25, -0.2) is 0 Å². The summed E-state index contributed by atoms with van der Waals surface area (Å²) in [6.07, 6.45) is 5.57. The second kappa shape index (κ2) is 7.34. The number of rotatable bonds is 6. The van der Waals surface area contributed by atoms with E-state index >= 15 is 0 Å². The summed E-state index contributed by atoms with van der Waals surface area (Å²) in [5, 5.41) is 3.42. The highest BCUT2D eigenvalue weighted by molar-refractivity contribution is 4.77. The Morgan fingerprint density at radius 1 is 1.06 bits per heavy atom. The Bertz CT molecular complexity index is 202. The van der Waals surface area contributed by atoms with Gasteiger partial charge < -0.3 is 15.1 Å². The second-order valence-corrected chi connectivity index (χ2v) is 5.69. The quantitative estimate of drug-likeness (QED) is 0.756. The summed E-state index contributed by atoms with van der Waals surface area (Å²) in [4.78, 5) is 5.30. The molecule has 100 valence electrons. The van der Waals surface area contributed by atoms with Crippen LogP contribution >= 0.6 is 0 Å². The van der Waals surface area contributed by atoms with Gasteiger partial charge in [0.05, 0.1) is 0 Å². The summed E-state index contributed by atoms with van der Waals surface area (Å²) in [6.45, 7) is 12.6. The van der Waals surface area contributed by atoms with Gasteiger partial charge in [0.25, 0.3) is 0 Å². The van der Waals surface area contributed by atoms with E-state index in [1.54, 1.807) is 0 Å². The van der Waals surface area contributed by atoms with Gasteiger partial charge in [-0.15, -0.1) is 0 Å². The normalized spacial score (nSPS) is 27.7. The van der Waals surface area contributed by atoms with Crippen LogP contribution in [0.1, 0.15) is 32.6 Å². The molecule has 0 aromatic carbocycles. The predicted molar refractivity (Wildman–Crippen MR) is 73.4 cm³/mol. The molecule has 3 nitrogen and oxygen atoms in total. The number of likely N-dealkylation sites (tertiary alicyclic amines) is 1. The van der Waals surface area contributed by atoms with Gasteiger partial charge in [0.2, 0.25) is 0 Å². The van der Waals surface area contributed by atoms with Crippen LogP contribution in [0, 0.1) is 5.92 Å². The summed E-state index contributed by atoms with van der Waals surface area (Å²) in [5.41, 5.74) is 0. The lowest BCUT2D eigenvalue weighted by molar-refractivity contribution is 0.221. The minimum Gasteiger partial charge on any atom is -0.314 e. The van der Waals surface area contributed by atoms with E-state index in [1.807, 2.05) is 0 Å². The van der Waals surface area contributed by atoms with Crippen LogP contribution in [0.3, 0.4) is 0 Å². The lowest BCUT2D eigenvalue weighted by atomic mass is 10.0. The smallest absolute Gasteiger partial charge is 0.0107 e. The molecule has 0 spiro atoms. The molecular formula is C14H29N3. The third-order valence-electron chi connectivity index (χ3n) is 4.26. The maximum atomic E-state index is 3.42. The largest absolute Gasteiger partial charge is 0.314 e. The van der Waals surface area contributed by atoms with Gasteiger partial charge in [-0.2, -0.15) is 0 Å². The Balaban J connectivity index is 1.57. The molecule has 0 radical (unpaired) electrons. The number of hydrogen-bond acceptors (Lipinski definition) is 3. The van der Waals surface area contributed by atoms with Crippen molar-refractivity contribution in [3.63, 3.8) is 0 Å². The minimum absolute atomic E-state index is 0.974. The standard InChI is InChI=1S/C14H29N3/c1-2-3-8-17-10-5-14(13-17)4-9-16-11-6-15-7-12-16/h14-15H,2-13H2,1H3. The van der Waals surface area contributed by atoms with E-state index in [1.165, 1.54) is 78.0 Å². The van der Waals surface area contributed by atoms with E-state index in [-0.39, 0.29) is 0 Å². The van der Waals surface area contributed by atoms with Crippen molar-refractivity contribution in [2.24, 2.45) is 5.92 Å². The average molecular weight is 239 g/mol. The fraction of sp³-hybridized carbons (Fsp3) is 1.00. The molecule has 2 aliphatic rings. The van der Waals surface area contributed by atoms with Gasteiger partial charge in [-0.3, -0.25) is 0 Å². The first-order chi connectivity index (χ1) is 8.38. The highest BCUT2D eigenvalue weighted by atomic mass is 15.2. The summed E-state index contributed by atoms with van der Waals surface area (Å²) >= 11 is 0. The predicted octanol–water partition coefficient (Wildman–Crippen LogP) is 1.40. The molecule has 2 aliphatic heterocycles. The molecule has 17 heavy (non-hydrogen) atoms. The Labute approximate surface area is 107 Å².